The molecule has 0 saturated carbocycles. The molecule has 24 heavy (non-hydrogen) atoms. The minimum Gasteiger partial charge on any atom is -0.478 e. The molecule has 4 aromatic rings. The molecule has 0 aliphatic carbocycles. The zero-order valence-electron chi connectivity index (χ0n) is 12.7. The average molecular weight is 314 g/mol. The third-order valence-corrected chi connectivity index (χ3v) is 4.09. The highest BCUT2D eigenvalue weighted by molar-refractivity contribution is 6.24. The number of benzene rings is 2. The fraction of sp³-hybridized carbons (Fsp3) is 0. The van der Waals surface area contributed by atoms with Gasteiger partial charge < -0.3 is 10.1 Å². The van der Waals surface area contributed by atoms with Crippen LogP contribution >= 0.6 is 0 Å². The van der Waals surface area contributed by atoms with E-state index in [4.69, 9.17) is 0 Å². The van der Waals surface area contributed by atoms with Crippen molar-refractivity contribution in [3.63, 3.8) is 0 Å². The van der Waals surface area contributed by atoms with Crippen molar-refractivity contribution in [3.05, 3.63) is 78.1 Å². The molecule has 0 spiro atoms. The predicted molar refractivity (Wildman–Crippen MR) is 95.5 cm³/mol. The zero-order valence-corrected chi connectivity index (χ0v) is 12.7. The van der Waals surface area contributed by atoms with Crippen LogP contribution < -0.4 is 0 Å². The van der Waals surface area contributed by atoms with Crippen LogP contribution in [-0.2, 0) is 4.79 Å². The molecule has 0 aliphatic heterocycles. The molecule has 0 bridgehead atoms. The predicted octanol–water partition coefficient (Wildman–Crippen LogP) is 4.34. The van der Waals surface area contributed by atoms with Gasteiger partial charge in [-0.25, -0.2) is 9.78 Å². The maximum Gasteiger partial charge on any atom is 0.336 e. The van der Waals surface area contributed by atoms with Crippen LogP contribution in [0.5, 0.6) is 0 Å². The second-order valence-electron chi connectivity index (χ2n) is 5.53. The molecule has 2 heterocycles. The summed E-state index contributed by atoms with van der Waals surface area (Å²) in [7, 11) is 0. The molecule has 0 fully saturated rings. The Morgan fingerprint density at radius 3 is 2.67 bits per heavy atom. The van der Waals surface area contributed by atoms with Crippen LogP contribution in [0.2, 0.25) is 0 Å². The van der Waals surface area contributed by atoms with Crippen LogP contribution in [0.3, 0.4) is 0 Å². The van der Waals surface area contributed by atoms with Gasteiger partial charge >= 0.3 is 5.97 Å². The quantitative estimate of drug-likeness (QED) is 0.553. The number of fused-ring (bicyclic) bond motifs is 2. The van der Waals surface area contributed by atoms with Gasteiger partial charge in [0.25, 0.3) is 0 Å². The van der Waals surface area contributed by atoms with E-state index in [-0.39, 0.29) is 5.57 Å². The molecule has 2 N–H and O–H groups in total. The van der Waals surface area contributed by atoms with Crippen molar-refractivity contribution in [1.29, 1.82) is 0 Å². The summed E-state index contributed by atoms with van der Waals surface area (Å²) in [4.78, 5) is 19.2. The first-order chi connectivity index (χ1) is 11.7. The van der Waals surface area contributed by atoms with E-state index in [0.717, 1.165) is 27.4 Å². The van der Waals surface area contributed by atoms with Crippen molar-refractivity contribution < 1.29 is 9.90 Å². The molecule has 4 rings (SSSR count). The summed E-state index contributed by atoms with van der Waals surface area (Å²) in [5.41, 5.74) is 2.52. The SMILES string of the molecule is O=C(O)C(=Cc1c[nH]c2ncccc12)c1cccc2ccccc12. The highest BCUT2D eigenvalue weighted by Gasteiger charge is 2.14. The number of aromatic amines is 1. The lowest BCUT2D eigenvalue weighted by atomic mass is 9.96. The molecule has 0 saturated heterocycles. The van der Waals surface area contributed by atoms with Gasteiger partial charge in [0.1, 0.15) is 5.65 Å². The molecule has 116 valence electrons. The Labute approximate surface area is 138 Å². The summed E-state index contributed by atoms with van der Waals surface area (Å²) in [6.07, 6.45) is 5.19. The number of H-pyrrole nitrogens is 1. The molecule has 4 nitrogen and oxygen atoms in total. The van der Waals surface area contributed by atoms with E-state index in [1.165, 1.54) is 0 Å². The van der Waals surface area contributed by atoms with Crippen molar-refractivity contribution >= 4 is 39.4 Å². The van der Waals surface area contributed by atoms with E-state index in [2.05, 4.69) is 9.97 Å². The maximum absolute atomic E-state index is 11.9. The van der Waals surface area contributed by atoms with Crippen molar-refractivity contribution in [2.75, 3.05) is 0 Å². The Kier molecular flexibility index (Phi) is 3.35. The lowest BCUT2D eigenvalue weighted by molar-refractivity contribution is -0.130. The van der Waals surface area contributed by atoms with Crippen molar-refractivity contribution in [3.8, 4) is 0 Å². The summed E-state index contributed by atoms with van der Waals surface area (Å²) in [6, 6.07) is 17.3. The van der Waals surface area contributed by atoms with E-state index in [0.29, 0.717) is 5.56 Å². The van der Waals surface area contributed by atoms with Gasteiger partial charge in [0.15, 0.2) is 0 Å². The lowest BCUT2D eigenvalue weighted by Gasteiger charge is -2.07. The van der Waals surface area contributed by atoms with Crippen LogP contribution in [-0.4, -0.2) is 21.0 Å². The first-order valence-electron chi connectivity index (χ1n) is 7.59. The molecular formula is C20H14N2O2. The molecule has 4 heteroatoms. The van der Waals surface area contributed by atoms with Crippen molar-refractivity contribution in [1.82, 2.24) is 9.97 Å². The van der Waals surface area contributed by atoms with Crippen LogP contribution in [0.15, 0.2) is 67.0 Å². The van der Waals surface area contributed by atoms with E-state index < -0.39 is 5.97 Å². The van der Waals surface area contributed by atoms with Crippen LogP contribution in [0, 0.1) is 0 Å². The number of aliphatic carboxylic acids is 1. The molecule has 0 atom stereocenters. The lowest BCUT2D eigenvalue weighted by Crippen LogP contribution is -2.00. The summed E-state index contributed by atoms with van der Waals surface area (Å²) in [5, 5.41) is 12.6. The fourth-order valence-corrected chi connectivity index (χ4v) is 2.97. The zero-order chi connectivity index (χ0) is 16.5. The van der Waals surface area contributed by atoms with Gasteiger partial charge in [-0.2, -0.15) is 0 Å². The van der Waals surface area contributed by atoms with Gasteiger partial charge in [-0.3, -0.25) is 0 Å². The van der Waals surface area contributed by atoms with Gasteiger partial charge in [-0.05, 0) is 34.5 Å². The minimum absolute atomic E-state index is 0.261. The van der Waals surface area contributed by atoms with Gasteiger partial charge in [-0.1, -0.05) is 42.5 Å². The Balaban J connectivity index is 1.96. The number of hydrogen-bond acceptors (Lipinski definition) is 2. The molecular weight excluding hydrogens is 300 g/mol. The molecule has 2 aromatic carbocycles. The first-order valence-corrected chi connectivity index (χ1v) is 7.59. The first kappa shape index (κ1) is 14.2. The number of aromatic nitrogens is 2. The summed E-state index contributed by atoms with van der Waals surface area (Å²) >= 11 is 0. The number of nitrogens with zero attached hydrogens (tertiary/aromatic N) is 1. The van der Waals surface area contributed by atoms with E-state index >= 15 is 0 Å². The monoisotopic (exact) mass is 314 g/mol. The smallest absolute Gasteiger partial charge is 0.336 e. The Morgan fingerprint density at radius 1 is 1.00 bits per heavy atom. The number of carboxylic acids is 1. The van der Waals surface area contributed by atoms with E-state index in [9.17, 15) is 9.90 Å². The summed E-state index contributed by atoms with van der Waals surface area (Å²) in [5.74, 6) is -0.954. The van der Waals surface area contributed by atoms with Gasteiger partial charge in [0.05, 0.1) is 5.57 Å². The number of carbonyl (C=O) groups is 1. The number of hydrogen-bond donors (Lipinski definition) is 2. The van der Waals surface area contributed by atoms with Crippen molar-refractivity contribution in [2.24, 2.45) is 0 Å². The van der Waals surface area contributed by atoms with E-state index in [1.807, 2.05) is 54.6 Å². The highest BCUT2D eigenvalue weighted by atomic mass is 16.4. The summed E-state index contributed by atoms with van der Waals surface area (Å²) in [6.45, 7) is 0. The molecule has 0 radical (unpaired) electrons. The van der Waals surface area contributed by atoms with Gasteiger partial charge in [0.2, 0.25) is 0 Å². The minimum atomic E-state index is -0.954. The van der Waals surface area contributed by atoms with Crippen LogP contribution in [0.1, 0.15) is 11.1 Å². The topological polar surface area (TPSA) is 66.0 Å². The van der Waals surface area contributed by atoms with Gasteiger partial charge in [-0.15, -0.1) is 0 Å². The molecule has 2 aromatic heterocycles. The van der Waals surface area contributed by atoms with Crippen LogP contribution in [0.4, 0.5) is 0 Å². The number of rotatable bonds is 3. The number of nitrogens with one attached hydrogen (secondary N) is 1. The average Bonchev–Trinajstić information content (AvgIpc) is 3.02. The molecule has 0 amide bonds. The van der Waals surface area contributed by atoms with Crippen LogP contribution in [0.25, 0.3) is 33.5 Å². The summed E-state index contributed by atoms with van der Waals surface area (Å²) < 4.78 is 0. The maximum atomic E-state index is 11.9. The molecule has 0 unspecified atom stereocenters. The Morgan fingerprint density at radius 2 is 1.79 bits per heavy atom. The Hall–Kier alpha value is -3.40. The molecule has 0 aliphatic rings. The number of pyridine rings is 1. The second kappa shape index (κ2) is 5.66. The fourth-order valence-electron chi connectivity index (χ4n) is 2.97. The second-order valence-corrected chi connectivity index (χ2v) is 5.53. The van der Waals surface area contributed by atoms with E-state index in [1.54, 1.807) is 18.5 Å². The Bertz CT molecular complexity index is 1090. The third-order valence-electron chi connectivity index (χ3n) is 4.09. The normalized spacial score (nSPS) is 11.9. The number of carboxylic acid groups (broad SMARTS) is 1. The standard InChI is InChI=1S/C20H14N2O2/c23-20(24)18(11-14-12-22-19-16(14)9-4-10-21-19)17-8-3-6-13-5-1-2-7-15(13)17/h1-12H,(H,21,22)(H,23,24). The van der Waals surface area contributed by atoms with Crippen molar-refractivity contribution in [2.45, 2.75) is 0 Å². The largest absolute Gasteiger partial charge is 0.478 e. The highest BCUT2D eigenvalue weighted by Crippen LogP contribution is 2.28. The third kappa shape index (κ3) is 2.34. The van der Waals surface area contributed by atoms with Gasteiger partial charge in [0, 0.05) is 23.3 Å².